The standard InChI is InChI=1S/C6H6N3O/c1-8-6(10)9-4-2-3-5(9)7-8/h2-4H,1H3/q+1. The molecule has 0 atom stereocenters. The Morgan fingerprint density at radius 3 is 3.20 bits per heavy atom. The third-order valence-corrected chi connectivity index (χ3v) is 1.46. The van der Waals surface area contributed by atoms with Crippen molar-refractivity contribution in [3.05, 3.63) is 18.3 Å². The number of carbonyl (C=O) groups excluding carboxylic acids is 1. The molecule has 1 amide bonds. The Labute approximate surface area is 57.4 Å². The quantitative estimate of drug-likeness (QED) is 0.493. The van der Waals surface area contributed by atoms with Crippen molar-refractivity contribution < 1.29 is 9.49 Å². The lowest BCUT2D eigenvalue weighted by molar-refractivity contribution is -0.456. The first-order chi connectivity index (χ1) is 4.79. The number of carbonyl (C=O) groups is 1. The van der Waals surface area contributed by atoms with Crippen molar-refractivity contribution in [2.45, 2.75) is 0 Å². The van der Waals surface area contributed by atoms with Crippen LogP contribution in [0.4, 0.5) is 10.6 Å². The Bertz CT molecular complexity index is 323. The Kier molecular flexibility index (Phi) is 0.818. The van der Waals surface area contributed by atoms with Crippen LogP contribution in [0, 0.1) is 0 Å². The fourth-order valence-corrected chi connectivity index (χ4v) is 0.967. The van der Waals surface area contributed by atoms with Gasteiger partial charge in [0.05, 0.1) is 0 Å². The highest BCUT2D eigenvalue weighted by molar-refractivity contribution is 5.74. The summed E-state index contributed by atoms with van der Waals surface area (Å²) in [6, 6.07) is 3.49. The largest absolute Gasteiger partial charge is 0.525 e. The van der Waals surface area contributed by atoms with Gasteiger partial charge in [0.1, 0.15) is 13.2 Å². The summed E-state index contributed by atoms with van der Waals surface area (Å²) in [5.41, 5.74) is 0. The zero-order valence-corrected chi connectivity index (χ0v) is 5.48. The van der Waals surface area contributed by atoms with Crippen LogP contribution in [0.25, 0.3) is 0 Å². The van der Waals surface area contributed by atoms with Gasteiger partial charge in [-0.3, -0.25) is 0 Å². The van der Waals surface area contributed by atoms with Gasteiger partial charge in [0.25, 0.3) is 5.82 Å². The van der Waals surface area contributed by atoms with E-state index in [0.29, 0.717) is 5.82 Å². The van der Waals surface area contributed by atoms with Crippen molar-refractivity contribution in [2.24, 2.45) is 5.11 Å². The van der Waals surface area contributed by atoms with Gasteiger partial charge in [-0.15, -0.1) is 4.57 Å². The Morgan fingerprint density at radius 2 is 2.50 bits per heavy atom. The highest BCUT2D eigenvalue weighted by Gasteiger charge is 2.28. The highest BCUT2D eigenvalue weighted by Crippen LogP contribution is 2.18. The van der Waals surface area contributed by atoms with Crippen molar-refractivity contribution in [3.8, 4) is 0 Å². The number of azo groups is 2. The molecule has 0 radical (unpaired) electrons. The zero-order valence-electron chi connectivity index (χ0n) is 5.48. The maximum Gasteiger partial charge on any atom is 0.525 e. The highest BCUT2D eigenvalue weighted by atomic mass is 16.2. The predicted octanol–water partition coefficient (Wildman–Crippen LogP) is 1.20. The van der Waals surface area contributed by atoms with E-state index in [1.807, 2.05) is 0 Å². The monoisotopic (exact) mass is 136 g/mol. The Balaban J connectivity index is 2.68. The first kappa shape index (κ1) is 5.34. The van der Waals surface area contributed by atoms with Gasteiger partial charge < -0.3 is 0 Å². The van der Waals surface area contributed by atoms with E-state index in [-0.39, 0.29) is 6.03 Å². The summed E-state index contributed by atoms with van der Waals surface area (Å²) in [4.78, 5) is 11.1. The molecule has 2 rings (SSSR count). The van der Waals surface area contributed by atoms with Crippen molar-refractivity contribution in [1.29, 1.82) is 0 Å². The molecule has 10 heavy (non-hydrogen) atoms. The Hall–Kier alpha value is -1.45. The van der Waals surface area contributed by atoms with Gasteiger partial charge in [0, 0.05) is 6.07 Å². The molecule has 0 bridgehead atoms. The molecular weight excluding hydrogens is 130 g/mol. The molecule has 0 unspecified atom stereocenters. The van der Waals surface area contributed by atoms with Crippen molar-refractivity contribution in [3.63, 3.8) is 0 Å². The van der Waals surface area contributed by atoms with Crippen LogP contribution in [0.15, 0.2) is 23.4 Å². The average molecular weight is 136 g/mol. The van der Waals surface area contributed by atoms with Crippen molar-refractivity contribution in [2.75, 3.05) is 7.05 Å². The molecule has 1 aliphatic rings. The van der Waals surface area contributed by atoms with Crippen LogP contribution >= 0.6 is 0 Å². The van der Waals surface area contributed by atoms with Gasteiger partial charge in [0.2, 0.25) is 0 Å². The summed E-state index contributed by atoms with van der Waals surface area (Å²) in [5.74, 6) is 0.701. The van der Waals surface area contributed by atoms with E-state index in [0.717, 1.165) is 0 Å². The number of hydrogen-bond donors (Lipinski definition) is 0. The SMILES string of the molecule is C[N+]1=Nc2cccn2C1=O. The first-order valence-electron chi connectivity index (χ1n) is 2.96. The van der Waals surface area contributed by atoms with E-state index in [9.17, 15) is 4.79 Å². The van der Waals surface area contributed by atoms with Crippen LogP contribution in [0.1, 0.15) is 0 Å². The lowest BCUT2D eigenvalue weighted by atomic mass is 10.6. The summed E-state index contributed by atoms with van der Waals surface area (Å²) in [6.07, 6.45) is 1.70. The van der Waals surface area contributed by atoms with Crippen LogP contribution in [0.5, 0.6) is 0 Å². The van der Waals surface area contributed by atoms with Gasteiger partial charge in [-0.05, 0) is 11.2 Å². The second kappa shape index (κ2) is 1.53. The van der Waals surface area contributed by atoms with E-state index < -0.39 is 0 Å². The maximum absolute atomic E-state index is 11.1. The molecule has 1 aromatic rings. The van der Waals surface area contributed by atoms with Crippen LogP contribution in [0.3, 0.4) is 0 Å². The van der Waals surface area contributed by atoms with Gasteiger partial charge in [0.15, 0.2) is 0 Å². The van der Waals surface area contributed by atoms with E-state index in [1.165, 1.54) is 9.26 Å². The molecule has 4 nitrogen and oxygen atoms in total. The van der Waals surface area contributed by atoms with Crippen LogP contribution < -0.4 is 0 Å². The van der Waals surface area contributed by atoms with Crippen LogP contribution in [0.2, 0.25) is 0 Å². The number of hydrogen-bond acceptors (Lipinski definition) is 2. The smallest absolute Gasteiger partial charge is 0.194 e. The van der Waals surface area contributed by atoms with Gasteiger partial charge in [-0.25, -0.2) is 0 Å². The summed E-state index contributed by atoms with van der Waals surface area (Å²) in [7, 11) is 1.63. The molecule has 50 valence electrons. The second-order valence-corrected chi connectivity index (χ2v) is 2.14. The van der Waals surface area contributed by atoms with E-state index in [4.69, 9.17) is 0 Å². The summed E-state index contributed by atoms with van der Waals surface area (Å²) >= 11 is 0. The molecular formula is C6H6N3O+. The van der Waals surface area contributed by atoms with Crippen molar-refractivity contribution in [1.82, 2.24) is 4.57 Å². The van der Waals surface area contributed by atoms with Crippen LogP contribution in [-0.4, -0.2) is 22.3 Å². The average Bonchev–Trinajstić information content (AvgIpc) is 2.41. The number of amides is 1. The molecule has 0 saturated carbocycles. The maximum atomic E-state index is 11.1. The topological polar surface area (TPSA) is 37.4 Å². The lowest BCUT2D eigenvalue weighted by Gasteiger charge is -1.79. The molecule has 0 fully saturated rings. The minimum absolute atomic E-state index is 0.0972. The van der Waals surface area contributed by atoms with E-state index in [2.05, 4.69) is 5.11 Å². The summed E-state index contributed by atoms with van der Waals surface area (Å²) in [5, 5.41) is 3.94. The molecule has 0 aliphatic carbocycles. The van der Waals surface area contributed by atoms with Crippen molar-refractivity contribution >= 4 is 11.8 Å². The molecule has 2 heterocycles. The number of aromatic nitrogens is 1. The molecule has 0 aromatic carbocycles. The zero-order chi connectivity index (χ0) is 7.14. The number of fused-ring (bicyclic) bond motifs is 1. The second-order valence-electron chi connectivity index (χ2n) is 2.14. The third-order valence-electron chi connectivity index (χ3n) is 1.46. The molecule has 4 heteroatoms. The molecule has 0 N–H and O–H groups in total. The first-order valence-corrected chi connectivity index (χ1v) is 2.96. The summed E-state index contributed by atoms with van der Waals surface area (Å²) < 4.78 is 2.81. The lowest BCUT2D eigenvalue weighted by Crippen LogP contribution is -2.13. The molecule has 0 saturated heterocycles. The molecule has 1 aliphatic heterocycles. The number of nitrogens with zero attached hydrogens (tertiary/aromatic N) is 3. The van der Waals surface area contributed by atoms with E-state index >= 15 is 0 Å². The fourth-order valence-electron chi connectivity index (χ4n) is 0.967. The molecule has 0 spiro atoms. The summed E-state index contributed by atoms with van der Waals surface area (Å²) in [6.45, 7) is 0. The minimum Gasteiger partial charge on any atom is -0.194 e. The van der Waals surface area contributed by atoms with Gasteiger partial charge in [-0.1, -0.05) is 4.70 Å². The van der Waals surface area contributed by atoms with Gasteiger partial charge >= 0.3 is 6.03 Å². The predicted molar refractivity (Wildman–Crippen MR) is 33.5 cm³/mol. The van der Waals surface area contributed by atoms with E-state index in [1.54, 1.807) is 25.4 Å². The van der Waals surface area contributed by atoms with Crippen LogP contribution in [-0.2, 0) is 0 Å². The normalized spacial score (nSPS) is 15.3. The fraction of sp³-hybridized carbons (Fsp3) is 0.167. The minimum atomic E-state index is -0.0972. The van der Waals surface area contributed by atoms with Gasteiger partial charge in [-0.2, -0.15) is 4.79 Å². The molecule has 1 aromatic heterocycles. The number of rotatable bonds is 0. The Morgan fingerprint density at radius 1 is 1.70 bits per heavy atom. The third kappa shape index (κ3) is 0.478.